The van der Waals surface area contributed by atoms with E-state index in [1.165, 1.54) is 0 Å². The van der Waals surface area contributed by atoms with Gasteiger partial charge in [-0.2, -0.15) is 0 Å². The number of carbonyl (C=O) groups excluding carboxylic acids is 1. The molecule has 0 unspecified atom stereocenters. The summed E-state index contributed by atoms with van der Waals surface area (Å²) in [5, 5.41) is -0.741. The Hall–Kier alpha value is -0.170. The molecule has 0 amide bonds. The van der Waals surface area contributed by atoms with Gasteiger partial charge in [-0.05, 0) is 50.7 Å². The Labute approximate surface area is 95.7 Å². The molecular weight excluding hydrogens is 354 g/mol. The second kappa shape index (κ2) is 3.20. The van der Waals surface area contributed by atoms with Crippen molar-refractivity contribution in [3.8, 4) is 5.75 Å². The van der Waals surface area contributed by atoms with Crippen LogP contribution in [0.2, 0.25) is 0 Å². The zero-order valence-corrected chi connectivity index (χ0v) is 9.93. The molecular formula is C8H3BrFIO2. The van der Waals surface area contributed by atoms with Crippen molar-refractivity contribution in [2.45, 2.75) is 5.01 Å². The maximum Gasteiger partial charge on any atom is 0.218 e. The number of fused-ring (bicyclic) bond motifs is 1. The zero-order valence-electron chi connectivity index (χ0n) is 6.18. The van der Waals surface area contributed by atoms with E-state index in [-0.39, 0.29) is 11.5 Å². The normalized spacial score (nSPS) is 19.9. The summed E-state index contributed by atoms with van der Waals surface area (Å²) < 4.78 is 18.8. The number of carbonyl (C=O) groups is 1. The Morgan fingerprint density at radius 2 is 2.23 bits per heavy atom. The van der Waals surface area contributed by atoms with Crippen LogP contribution in [0.4, 0.5) is 4.39 Å². The van der Waals surface area contributed by atoms with Crippen LogP contribution in [0.25, 0.3) is 0 Å². The second-order valence-electron chi connectivity index (χ2n) is 2.54. The minimum Gasteiger partial charge on any atom is -0.467 e. The Bertz CT molecular complexity index is 394. The van der Waals surface area contributed by atoms with Crippen LogP contribution in [-0.4, -0.2) is 10.8 Å². The van der Waals surface area contributed by atoms with Crippen molar-refractivity contribution in [2.24, 2.45) is 0 Å². The van der Waals surface area contributed by atoms with Gasteiger partial charge in [0, 0.05) is 0 Å². The smallest absolute Gasteiger partial charge is 0.218 e. The third-order valence-corrected chi connectivity index (χ3v) is 3.18. The van der Waals surface area contributed by atoms with Gasteiger partial charge in [0.25, 0.3) is 0 Å². The highest BCUT2D eigenvalue weighted by atomic mass is 127. The molecule has 1 aromatic rings. The molecule has 1 atom stereocenters. The van der Waals surface area contributed by atoms with Crippen molar-refractivity contribution < 1.29 is 13.9 Å². The maximum absolute atomic E-state index is 13.3. The fourth-order valence-corrected chi connectivity index (χ4v) is 1.98. The first-order valence-corrected chi connectivity index (χ1v) is 5.43. The van der Waals surface area contributed by atoms with Crippen molar-refractivity contribution in [3.63, 3.8) is 0 Å². The lowest BCUT2D eigenvalue weighted by molar-refractivity contribution is 0.0941. The molecule has 0 aromatic heterocycles. The molecule has 0 aliphatic carbocycles. The van der Waals surface area contributed by atoms with Gasteiger partial charge in [0.15, 0.2) is 11.6 Å². The first kappa shape index (κ1) is 9.39. The summed E-state index contributed by atoms with van der Waals surface area (Å²) in [5.41, 5.74) is 0.305. The molecule has 2 rings (SSSR count). The van der Waals surface area contributed by atoms with Crippen LogP contribution in [0, 0.1) is 9.39 Å². The molecule has 0 saturated heterocycles. The van der Waals surface area contributed by atoms with Gasteiger partial charge in [-0.1, -0.05) is 0 Å². The number of ketones is 1. The highest BCUT2D eigenvalue weighted by molar-refractivity contribution is 14.1. The van der Waals surface area contributed by atoms with Crippen molar-refractivity contribution in [3.05, 3.63) is 27.1 Å². The molecule has 1 heterocycles. The molecule has 0 N–H and O–H groups in total. The minimum atomic E-state index is -0.741. The lowest BCUT2D eigenvalue weighted by Gasteiger charge is -2.01. The van der Waals surface area contributed by atoms with Gasteiger partial charge in [-0.25, -0.2) is 4.39 Å². The molecule has 0 radical (unpaired) electrons. The molecule has 1 aliphatic rings. The van der Waals surface area contributed by atoms with E-state index in [4.69, 9.17) is 4.74 Å². The molecule has 13 heavy (non-hydrogen) atoms. The van der Waals surface area contributed by atoms with Gasteiger partial charge >= 0.3 is 0 Å². The summed E-state index contributed by atoms with van der Waals surface area (Å²) in [6.45, 7) is 0. The van der Waals surface area contributed by atoms with Crippen LogP contribution in [-0.2, 0) is 0 Å². The van der Waals surface area contributed by atoms with Crippen molar-refractivity contribution in [2.75, 3.05) is 0 Å². The molecule has 1 aliphatic heterocycles. The highest BCUT2D eigenvalue weighted by Crippen LogP contribution is 2.35. The molecule has 0 spiro atoms. The van der Waals surface area contributed by atoms with Crippen LogP contribution >= 0.6 is 38.5 Å². The summed E-state index contributed by atoms with van der Waals surface area (Å²) in [5.74, 6) is -0.641. The lowest BCUT2D eigenvalue weighted by atomic mass is 10.1. The van der Waals surface area contributed by atoms with Gasteiger partial charge in [0.1, 0.15) is 0 Å². The number of benzene rings is 1. The predicted octanol–water partition coefficient (Wildman–Crippen LogP) is 2.73. The fraction of sp³-hybridized carbons (Fsp3) is 0.125. The highest BCUT2D eigenvalue weighted by Gasteiger charge is 2.33. The van der Waals surface area contributed by atoms with E-state index in [9.17, 15) is 9.18 Å². The Kier molecular flexibility index (Phi) is 2.31. The second-order valence-corrected chi connectivity index (χ2v) is 4.53. The van der Waals surface area contributed by atoms with Crippen molar-refractivity contribution in [1.82, 2.24) is 0 Å². The van der Waals surface area contributed by atoms with Gasteiger partial charge < -0.3 is 4.74 Å². The Morgan fingerprint density at radius 1 is 1.54 bits per heavy atom. The van der Waals surface area contributed by atoms with E-state index < -0.39 is 10.8 Å². The average Bonchev–Trinajstić information content (AvgIpc) is 2.38. The summed E-state index contributed by atoms with van der Waals surface area (Å²) in [4.78, 5) is 11.3. The predicted molar refractivity (Wildman–Crippen MR) is 56.8 cm³/mol. The lowest BCUT2D eigenvalue weighted by Crippen LogP contribution is -2.10. The Balaban J connectivity index is 2.64. The third-order valence-electron chi connectivity index (χ3n) is 1.74. The quantitative estimate of drug-likeness (QED) is 0.528. The van der Waals surface area contributed by atoms with Crippen LogP contribution in [0.3, 0.4) is 0 Å². The summed E-state index contributed by atoms with van der Waals surface area (Å²) >= 11 is 4.85. The van der Waals surface area contributed by atoms with Crippen LogP contribution in [0.5, 0.6) is 5.75 Å². The van der Waals surface area contributed by atoms with Crippen molar-refractivity contribution in [1.29, 1.82) is 0 Å². The van der Waals surface area contributed by atoms with Gasteiger partial charge in [0.2, 0.25) is 10.8 Å². The SMILES string of the molecule is O=C1c2ccc(I)c(F)c2O[C@@H]1Br. The maximum atomic E-state index is 13.3. The average molecular weight is 357 g/mol. The molecule has 1 aromatic carbocycles. The van der Waals surface area contributed by atoms with Crippen molar-refractivity contribution >= 4 is 44.3 Å². The van der Waals surface area contributed by atoms with E-state index in [0.29, 0.717) is 9.13 Å². The summed E-state index contributed by atoms with van der Waals surface area (Å²) in [7, 11) is 0. The number of Topliss-reactive ketones (excluding diaryl/α,β-unsaturated/α-hetero) is 1. The number of rotatable bonds is 0. The summed E-state index contributed by atoms with van der Waals surface area (Å²) in [6, 6.07) is 3.13. The van der Waals surface area contributed by atoms with Crippen LogP contribution in [0.15, 0.2) is 12.1 Å². The van der Waals surface area contributed by atoms with Gasteiger partial charge in [-0.15, -0.1) is 0 Å². The van der Waals surface area contributed by atoms with Gasteiger partial charge in [0.05, 0.1) is 9.13 Å². The molecule has 0 fully saturated rings. The standard InChI is InChI=1S/C8H3BrFIO2/c9-8-6(12)3-1-2-4(11)5(10)7(3)13-8/h1-2,8H/t8-/m0/s1. The first-order valence-electron chi connectivity index (χ1n) is 3.44. The van der Waals surface area contributed by atoms with E-state index >= 15 is 0 Å². The van der Waals surface area contributed by atoms with E-state index in [2.05, 4.69) is 15.9 Å². The van der Waals surface area contributed by atoms with E-state index in [1.807, 2.05) is 22.6 Å². The monoisotopic (exact) mass is 356 g/mol. The first-order chi connectivity index (χ1) is 6.11. The molecule has 5 heteroatoms. The zero-order chi connectivity index (χ0) is 9.59. The van der Waals surface area contributed by atoms with Gasteiger partial charge in [-0.3, -0.25) is 4.79 Å². The van der Waals surface area contributed by atoms with Crippen LogP contribution in [0.1, 0.15) is 10.4 Å². The topological polar surface area (TPSA) is 26.3 Å². The number of hydrogen-bond acceptors (Lipinski definition) is 2. The van der Waals surface area contributed by atoms with E-state index in [0.717, 1.165) is 0 Å². The number of alkyl halides is 1. The fourth-order valence-electron chi connectivity index (χ4n) is 1.12. The summed E-state index contributed by atoms with van der Waals surface area (Å²) in [6.07, 6.45) is 0. The number of ether oxygens (including phenoxy) is 1. The largest absolute Gasteiger partial charge is 0.467 e. The molecule has 0 saturated carbocycles. The minimum absolute atomic E-state index is 0.0544. The van der Waals surface area contributed by atoms with E-state index in [1.54, 1.807) is 12.1 Å². The molecule has 0 bridgehead atoms. The number of hydrogen-bond donors (Lipinski definition) is 0. The third kappa shape index (κ3) is 1.38. The Morgan fingerprint density at radius 3 is 2.92 bits per heavy atom. The molecule has 2 nitrogen and oxygen atoms in total. The van der Waals surface area contributed by atoms with Crippen LogP contribution < -0.4 is 4.74 Å². The molecule has 68 valence electrons. The number of halogens is 3.